The maximum Gasteiger partial charge on any atom is 0.225 e. The van der Waals surface area contributed by atoms with Gasteiger partial charge in [0.15, 0.2) is 5.82 Å². The molecule has 2 aromatic rings. The van der Waals surface area contributed by atoms with E-state index < -0.39 is 11.7 Å². The Bertz CT molecular complexity index is 975. The van der Waals surface area contributed by atoms with Gasteiger partial charge in [0.2, 0.25) is 5.95 Å². The Morgan fingerprint density at radius 3 is 2.38 bits per heavy atom. The molecule has 0 saturated carbocycles. The van der Waals surface area contributed by atoms with Crippen LogP contribution in [0.25, 0.3) is 0 Å². The summed E-state index contributed by atoms with van der Waals surface area (Å²) in [5, 5.41) is 5.97. The largest absolute Gasteiger partial charge is 0.497 e. The van der Waals surface area contributed by atoms with Gasteiger partial charge in [-0.05, 0) is 31.4 Å². The summed E-state index contributed by atoms with van der Waals surface area (Å²) in [6.07, 6.45) is 2.73. The van der Waals surface area contributed by atoms with E-state index in [0.29, 0.717) is 24.0 Å². The van der Waals surface area contributed by atoms with E-state index in [1.54, 1.807) is 27.2 Å². The summed E-state index contributed by atoms with van der Waals surface area (Å²) in [7, 11) is 3.16. The van der Waals surface area contributed by atoms with Crippen LogP contribution in [0.15, 0.2) is 47.7 Å². The van der Waals surface area contributed by atoms with E-state index in [0.717, 1.165) is 11.5 Å². The molecular formula is C25H37F2N5O2. The molecule has 0 aliphatic carbocycles. The summed E-state index contributed by atoms with van der Waals surface area (Å²) >= 11 is 0. The molecule has 0 unspecified atom stereocenters. The lowest BCUT2D eigenvalue weighted by molar-refractivity contribution is 0.391. The number of ether oxygens (including phenoxy) is 2. The molecule has 34 heavy (non-hydrogen) atoms. The summed E-state index contributed by atoms with van der Waals surface area (Å²) in [5.74, 6) is 1.59. The van der Waals surface area contributed by atoms with Crippen LogP contribution in [0.4, 0.5) is 26.2 Å². The predicted molar refractivity (Wildman–Crippen MR) is 136 cm³/mol. The van der Waals surface area contributed by atoms with Crippen molar-refractivity contribution in [2.24, 2.45) is 5.92 Å². The molecule has 0 aliphatic rings. The minimum Gasteiger partial charge on any atom is -0.497 e. The topological polar surface area (TPSA) is 94.3 Å². The SMILES string of the molecule is C/C=C(F)\C(CNc1nc(NCc2ccc(OC)cc2OC)ncc1N)=C(\F)CC.CC(C)C. The molecule has 0 amide bonds. The number of allylic oxidation sites excluding steroid dienone is 2. The number of nitrogens with zero attached hydrogens (tertiary/aromatic N) is 2. The fourth-order valence-electron chi connectivity index (χ4n) is 2.66. The van der Waals surface area contributed by atoms with Gasteiger partial charge in [0, 0.05) is 30.3 Å². The molecule has 0 aliphatic heterocycles. The Balaban J connectivity index is 0.00000133. The molecule has 1 heterocycles. The molecule has 0 atom stereocenters. The third-order valence-corrected chi connectivity index (χ3v) is 4.36. The molecule has 0 fully saturated rings. The lowest BCUT2D eigenvalue weighted by Gasteiger charge is -2.14. The van der Waals surface area contributed by atoms with Crippen LogP contribution in [0, 0.1) is 5.92 Å². The third-order valence-electron chi connectivity index (χ3n) is 4.36. The summed E-state index contributed by atoms with van der Waals surface area (Å²) in [4.78, 5) is 8.46. The van der Waals surface area contributed by atoms with Crippen molar-refractivity contribution in [1.82, 2.24) is 9.97 Å². The van der Waals surface area contributed by atoms with Gasteiger partial charge >= 0.3 is 0 Å². The molecule has 2 rings (SSSR count). The fourth-order valence-corrected chi connectivity index (χ4v) is 2.66. The van der Waals surface area contributed by atoms with Crippen molar-refractivity contribution in [2.45, 2.75) is 47.6 Å². The molecule has 4 N–H and O–H groups in total. The number of hydrogen-bond acceptors (Lipinski definition) is 7. The summed E-state index contributed by atoms with van der Waals surface area (Å²) in [6.45, 7) is 9.92. The van der Waals surface area contributed by atoms with Crippen molar-refractivity contribution in [3.05, 3.63) is 53.3 Å². The number of nitrogens with two attached hydrogens (primary N) is 1. The van der Waals surface area contributed by atoms with Gasteiger partial charge in [-0.25, -0.2) is 13.8 Å². The van der Waals surface area contributed by atoms with E-state index in [1.165, 1.54) is 19.2 Å². The second-order valence-corrected chi connectivity index (χ2v) is 7.99. The summed E-state index contributed by atoms with van der Waals surface area (Å²) < 4.78 is 38.6. The normalized spacial score (nSPS) is 11.9. The Morgan fingerprint density at radius 2 is 1.82 bits per heavy atom. The van der Waals surface area contributed by atoms with Crippen LogP contribution in [-0.2, 0) is 6.54 Å². The molecule has 9 heteroatoms. The van der Waals surface area contributed by atoms with Crippen molar-refractivity contribution in [3.63, 3.8) is 0 Å². The number of benzene rings is 1. The van der Waals surface area contributed by atoms with E-state index in [4.69, 9.17) is 15.2 Å². The number of halogens is 2. The zero-order valence-electron chi connectivity index (χ0n) is 21.1. The lowest BCUT2D eigenvalue weighted by Crippen LogP contribution is -2.12. The average molecular weight is 478 g/mol. The molecular weight excluding hydrogens is 440 g/mol. The number of aromatic nitrogens is 2. The highest BCUT2D eigenvalue weighted by Crippen LogP contribution is 2.26. The molecule has 188 valence electrons. The lowest BCUT2D eigenvalue weighted by atomic mass is 10.1. The van der Waals surface area contributed by atoms with Crippen molar-refractivity contribution in [2.75, 3.05) is 37.1 Å². The van der Waals surface area contributed by atoms with E-state index in [9.17, 15) is 8.78 Å². The summed E-state index contributed by atoms with van der Waals surface area (Å²) in [5.41, 5.74) is 6.99. The van der Waals surface area contributed by atoms with Gasteiger partial charge in [-0.15, -0.1) is 0 Å². The van der Waals surface area contributed by atoms with Crippen LogP contribution in [0.3, 0.4) is 0 Å². The molecule has 7 nitrogen and oxygen atoms in total. The Hall–Kier alpha value is -3.36. The smallest absolute Gasteiger partial charge is 0.225 e. The maximum absolute atomic E-state index is 14.0. The number of nitrogens with one attached hydrogen (secondary N) is 2. The van der Waals surface area contributed by atoms with E-state index >= 15 is 0 Å². The molecule has 0 radical (unpaired) electrons. The molecule has 1 aromatic heterocycles. The number of rotatable bonds is 10. The molecule has 1 aromatic carbocycles. The standard InChI is InChI=1S/C21H27F2N5O2.C4H10/c1-5-16(22)15(17(23)6-2)11-25-20-18(24)12-27-21(28-20)26-10-13-7-8-14(29-3)9-19(13)30-4;1-4(2)3/h5,7-9,12H,6,10-11,24H2,1-4H3,(H2,25,26,27,28);4H,1-3H3/b16-5+,17-15+;. The van der Waals surface area contributed by atoms with Gasteiger partial charge < -0.3 is 25.8 Å². The van der Waals surface area contributed by atoms with Crippen LogP contribution in [0.2, 0.25) is 0 Å². The van der Waals surface area contributed by atoms with Gasteiger partial charge in [0.05, 0.1) is 26.1 Å². The van der Waals surface area contributed by atoms with Gasteiger partial charge in [-0.2, -0.15) is 4.98 Å². The first-order valence-corrected chi connectivity index (χ1v) is 11.2. The average Bonchev–Trinajstić information content (AvgIpc) is 2.83. The van der Waals surface area contributed by atoms with Crippen molar-refractivity contribution < 1.29 is 18.3 Å². The second-order valence-electron chi connectivity index (χ2n) is 7.99. The van der Waals surface area contributed by atoms with Crippen LogP contribution < -0.4 is 25.8 Å². The number of nitrogen functional groups attached to an aromatic ring is 1. The predicted octanol–water partition coefficient (Wildman–Crippen LogP) is 6.27. The third kappa shape index (κ3) is 9.25. The van der Waals surface area contributed by atoms with Gasteiger partial charge in [0.1, 0.15) is 23.2 Å². The quantitative estimate of drug-likeness (QED) is 0.347. The monoisotopic (exact) mass is 477 g/mol. The number of anilines is 3. The second kappa shape index (κ2) is 14.7. The minimum absolute atomic E-state index is 0.0597. The molecule has 0 spiro atoms. The first kappa shape index (κ1) is 28.7. The highest BCUT2D eigenvalue weighted by Gasteiger charge is 2.13. The van der Waals surface area contributed by atoms with Gasteiger partial charge in [-0.3, -0.25) is 0 Å². The zero-order chi connectivity index (χ0) is 25.7. The van der Waals surface area contributed by atoms with Gasteiger partial charge in [0.25, 0.3) is 0 Å². The molecule has 0 saturated heterocycles. The highest BCUT2D eigenvalue weighted by atomic mass is 19.1. The van der Waals surface area contributed by atoms with Crippen molar-refractivity contribution >= 4 is 17.5 Å². The Labute approximate surface area is 201 Å². The van der Waals surface area contributed by atoms with E-state index in [1.807, 2.05) is 12.1 Å². The maximum atomic E-state index is 14.0. The van der Waals surface area contributed by atoms with Crippen LogP contribution in [-0.4, -0.2) is 30.7 Å². The van der Waals surface area contributed by atoms with Crippen molar-refractivity contribution in [1.29, 1.82) is 0 Å². The Morgan fingerprint density at radius 1 is 1.15 bits per heavy atom. The number of methoxy groups -OCH3 is 2. The van der Waals surface area contributed by atoms with Gasteiger partial charge in [-0.1, -0.05) is 33.8 Å². The van der Waals surface area contributed by atoms with Crippen LogP contribution in [0.5, 0.6) is 11.5 Å². The van der Waals surface area contributed by atoms with E-state index in [2.05, 4.69) is 41.4 Å². The highest BCUT2D eigenvalue weighted by molar-refractivity contribution is 5.62. The van der Waals surface area contributed by atoms with E-state index in [-0.39, 0.29) is 30.0 Å². The van der Waals surface area contributed by atoms with Crippen LogP contribution >= 0.6 is 0 Å². The first-order valence-electron chi connectivity index (χ1n) is 11.2. The Kier molecular flexibility index (Phi) is 12.4. The molecule has 0 bridgehead atoms. The zero-order valence-corrected chi connectivity index (χ0v) is 21.1. The number of hydrogen-bond donors (Lipinski definition) is 3. The van der Waals surface area contributed by atoms with Crippen molar-refractivity contribution in [3.8, 4) is 11.5 Å². The minimum atomic E-state index is -0.626. The fraction of sp³-hybridized carbons (Fsp3) is 0.440. The summed E-state index contributed by atoms with van der Waals surface area (Å²) in [6, 6.07) is 5.47. The first-order chi connectivity index (χ1) is 16.2. The van der Waals surface area contributed by atoms with Crippen LogP contribution in [0.1, 0.15) is 46.6 Å².